The van der Waals surface area contributed by atoms with Crippen LogP contribution in [0.2, 0.25) is 0 Å². The molecule has 0 atom stereocenters. The van der Waals surface area contributed by atoms with Crippen LogP contribution in [-0.2, 0) is 4.74 Å². The van der Waals surface area contributed by atoms with E-state index in [0.29, 0.717) is 25.7 Å². The van der Waals surface area contributed by atoms with Crippen LogP contribution >= 0.6 is 0 Å². The van der Waals surface area contributed by atoms with Crippen LogP contribution in [0.1, 0.15) is 34.1 Å². The van der Waals surface area contributed by atoms with Crippen molar-refractivity contribution in [1.29, 1.82) is 0 Å². The van der Waals surface area contributed by atoms with E-state index in [4.69, 9.17) is 4.74 Å². The second-order valence-corrected chi connectivity index (χ2v) is 4.28. The molecule has 0 rings (SSSR count). The first kappa shape index (κ1) is 12.9. The molecule has 2 N–H and O–H groups in total. The molecule has 0 fully saturated rings. The third kappa shape index (κ3) is 11.9. The monoisotopic (exact) mass is 189 g/mol. The Morgan fingerprint density at radius 3 is 2.38 bits per heavy atom. The maximum absolute atomic E-state index is 9.37. The molecule has 0 aromatic carbocycles. The lowest BCUT2D eigenvalue weighted by atomic mass is 10.1. The Balaban J connectivity index is 3.09. The average molecular weight is 189 g/mol. The zero-order chi connectivity index (χ0) is 10.3. The summed E-state index contributed by atoms with van der Waals surface area (Å²) in [6, 6.07) is 0.512. The summed E-state index contributed by atoms with van der Waals surface area (Å²) in [5, 5.41) is 12.6. The molecule has 0 unspecified atom stereocenters. The fraction of sp³-hybridized carbons (Fsp3) is 1.00. The van der Waals surface area contributed by atoms with Crippen LogP contribution < -0.4 is 5.32 Å². The zero-order valence-electron chi connectivity index (χ0n) is 9.26. The van der Waals surface area contributed by atoms with E-state index in [2.05, 4.69) is 19.2 Å². The molecule has 13 heavy (non-hydrogen) atoms. The molecular formula is C10H23NO2. The fourth-order valence-corrected chi connectivity index (χ4v) is 0.844. The van der Waals surface area contributed by atoms with Gasteiger partial charge in [-0.2, -0.15) is 0 Å². The molecule has 3 heteroatoms. The summed E-state index contributed by atoms with van der Waals surface area (Å²) in [6.07, 6.45) is 0.689. The quantitative estimate of drug-likeness (QED) is 0.591. The summed E-state index contributed by atoms with van der Waals surface area (Å²) in [7, 11) is 0. The van der Waals surface area contributed by atoms with Gasteiger partial charge in [0, 0.05) is 19.2 Å². The fourth-order valence-electron chi connectivity index (χ4n) is 0.844. The number of aliphatic hydroxyl groups is 1. The predicted octanol–water partition coefficient (Wildman–Crippen LogP) is 1.16. The minimum absolute atomic E-state index is 0.512. The van der Waals surface area contributed by atoms with Crippen LogP contribution in [0, 0.1) is 0 Å². The second-order valence-electron chi connectivity index (χ2n) is 4.28. The third-order valence-electron chi connectivity index (χ3n) is 1.66. The first-order chi connectivity index (χ1) is 5.92. The van der Waals surface area contributed by atoms with Crippen molar-refractivity contribution in [2.45, 2.75) is 45.8 Å². The lowest BCUT2D eigenvalue weighted by Crippen LogP contribution is -2.27. The standard InChI is InChI=1S/C10H23NO2/c1-9(2)11-6-8-13-7-5-10(3,4)12/h9,11-12H,5-8H2,1-4H3. The van der Waals surface area contributed by atoms with Gasteiger partial charge in [-0.05, 0) is 20.3 Å². The molecule has 0 aliphatic rings. The van der Waals surface area contributed by atoms with Crippen LogP contribution in [0.5, 0.6) is 0 Å². The van der Waals surface area contributed by atoms with Crippen molar-refractivity contribution in [2.24, 2.45) is 0 Å². The molecule has 3 nitrogen and oxygen atoms in total. The van der Waals surface area contributed by atoms with Crippen molar-refractivity contribution in [2.75, 3.05) is 19.8 Å². The van der Waals surface area contributed by atoms with E-state index >= 15 is 0 Å². The van der Waals surface area contributed by atoms with Gasteiger partial charge in [-0.15, -0.1) is 0 Å². The van der Waals surface area contributed by atoms with Gasteiger partial charge >= 0.3 is 0 Å². The molecule has 0 bridgehead atoms. The third-order valence-corrected chi connectivity index (χ3v) is 1.66. The molecule has 0 radical (unpaired) electrons. The Labute approximate surface area is 81.5 Å². The van der Waals surface area contributed by atoms with Crippen molar-refractivity contribution in [3.05, 3.63) is 0 Å². The molecule has 0 aromatic rings. The minimum atomic E-state index is -0.606. The summed E-state index contributed by atoms with van der Waals surface area (Å²) in [4.78, 5) is 0. The highest BCUT2D eigenvalue weighted by atomic mass is 16.5. The van der Waals surface area contributed by atoms with E-state index in [9.17, 15) is 5.11 Å². The predicted molar refractivity (Wildman–Crippen MR) is 54.9 cm³/mol. The molecule has 0 amide bonds. The molecule has 0 aliphatic heterocycles. The highest BCUT2D eigenvalue weighted by molar-refractivity contribution is 4.63. The number of ether oxygens (including phenoxy) is 1. The molecule has 0 aliphatic carbocycles. The smallest absolute Gasteiger partial charge is 0.0613 e. The van der Waals surface area contributed by atoms with E-state index in [1.807, 2.05) is 0 Å². The van der Waals surface area contributed by atoms with Gasteiger partial charge in [-0.1, -0.05) is 13.8 Å². The van der Waals surface area contributed by atoms with Crippen molar-refractivity contribution in [3.63, 3.8) is 0 Å². The Hall–Kier alpha value is -0.120. The largest absolute Gasteiger partial charge is 0.390 e. The van der Waals surface area contributed by atoms with Gasteiger partial charge in [0.15, 0.2) is 0 Å². The van der Waals surface area contributed by atoms with Crippen LogP contribution in [-0.4, -0.2) is 36.5 Å². The molecular weight excluding hydrogens is 166 g/mol. The van der Waals surface area contributed by atoms with E-state index in [1.54, 1.807) is 13.8 Å². The first-order valence-electron chi connectivity index (χ1n) is 4.95. The molecule has 80 valence electrons. The van der Waals surface area contributed by atoms with Gasteiger partial charge in [0.05, 0.1) is 12.2 Å². The Morgan fingerprint density at radius 1 is 1.31 bits per heavy atom. The van der Waals surface area contributed by atoms with E-state index in [-0.39, 0.29) is 0 Å². The first-order valence-corrected chi connectivity index (χ1v) is 4.95. The Kier molecular flexibility index (Phi) is 6.29. The van der Waals surface area contributed by atoms with Crippen LogP contribution in [0.25, 0.3) is 0 Å². The molecule has 0 saturated carbocycles. The summed E-state index contributed by atoms with van der Waals surface area (Å²) in [5.41, 5.74) is -0.606. The summed E-state index contributed by atoms with van der Waals surface area (Å²) in [5.74, 6) is 0. The topological polar surface area (TPSA) is 41.5 Å². The van der Waals surface area contributed by atoms with Crippen LogP contribution in [0.15, 0.2) is 0 Å². The maximum atomic E-state index is 9.37. The zero-order valence-corrected chi connectivity index (χ0v) is 9.26. The second kappa shape index (κ2) is 6.35. The van der Waals surface area contributed by atoms with Gasteiger partial charge in [-0.25, -0.2) is 0 Å². The number of rotatable bonds is 7. The minimum Gasteiger partial charge on any atom is -0.390 e. The average Bonchev–Trinajstić information content (AvgIpc) is 1.93. The number of hydrogen-bond acceptors (Lipinski definition) is 3. The number of hydrogen-bond donors (Lipinski definition) is 2. The number of nitrogens with one attached hydrogen (secondary N) is 1. The van der Waals surface area contributed by atoms with Gasteiger partial charge < -0.3 is 15.2 Å². The van der Waals surface area contributed by atoms with E-state index in [0.717, 1.165) is 6.54 Å². The highest BCUT2D eigenvalue weighted by Gasteiger charge is 2.11. The summed E-state index contributed by atoms with van der Waals surface area (Å²) >= 11 is 0. The van der Waals surface area contributed by atoms with Gasteiger partial charge in [-0.3, -0.25) is 0 Å². The molecule has 0 heterocycles. The van der Waals surface area contributed by atoms with Crippen LogP contribution in [0.4, 0.5) is 0 Å². The Morgan fingerprint density at radius 2 is 1.92 bits per heavy atom. The van der Waals surface area contributed by atoms with Gasteiger partial charge in [0.1, 0.15) is 0 Å². The SMILES string of the molecule is CC(C)NCCOCCC(C)(C)O. The van der Waals surface area contributed by atoms with E-state index in [1.165, 1.54) is 0 Å². The Bertz CT molecular complexity index is 119. The van der Waals surface area contributed by atoms with Gasteiger partial charge in [0.25, 0.3) is 0 Å². The van der Waals surface area contributed by atoms with Crippen molar-refractivity contribution in [3.8, 4) is 0 Å². The van der Waals surface area contributed by atoms with Crippen molar-refractivity contribution < 1.29 is 9.84 Å². The highest BCUT2D eigenvalue weighted by Crippen LogP contribution is 2.06. The summed E-state index contributed by atoms with van der Waals surface area (Å²) in [6.45, 7) is 10.0. The normalized spacial score (nSPS) is 12.5. The van der Waals surface area contributed by atoms with Crippen LogP contribution in [0.3, 0.4) is 0 Å². The van der Waals surface area contributed by atoms with Crippen molar-refractivity contribution >= 4 is 0 Å². The van der Waals surface area contributed by atoms with Gasteiger partial charge in [0.2, 0.25) is 0 Å². The maximum Gasteiger partial charge on any atom is 0.0613 e. The summed E-state index contributed by atoms with van der Waals surface area (Å²) < 4.78 is 5.34. The lowest BCUT2D eigenvalue weighted by molar-refractivity contribution is 0.0288. The van der Waals surface area contributed by atoms with Crippen molar-refractivity contribution in [1.82, 2.24) is 5.32 Å². The molecule has 0 aromatic heterocycles. The lowest BCUT2D eigenvalue weighted by Gasteiger charge is -2.16. The van der Waals surface area contributed by atoms with E-state index < -0.39 is 5.60 Å². The molecule has 0 saturated heterocycles. The molecule has 0 spiro atoms.